The Morgan fingerprint density at radius 2 is 2.00 bits per heavy atom. The van der Waals surface area contributed by atoms with E-state index in [1.807, 2.05) is 0 Å². The number of anilines is 2. The van der Waals surface area contributed by atoms with Gasteiger partial charge in [-0.05, 0) is 55.2 Å². The van der Waals surface area contributed by atoms with Crippen molar-refractivity contribution in [3.63, 3.8) is 0 Å². The van der Waals surface area contributed by atoms with Gasteiger partial charge in [0.2, 0.25) is 11.8 Å². The monoisotopic (exact) mass is 569 g/mol. The van der Waals surface area contributed by atoms with E-state index in [-0.39, 0.29) is 46.6 Å². The number of hydrogen-bond donors (Lipinski definition) is 4. The summed E-state index contributed by atoms with van der Waals surface area (Å²) in [6.45, 7) is 2.01. The molecule has 2 bridgehead atoms. The molecule has 0 radical (unpaired) electrons. The highest BCUT2D eigenvalue weighted by Crippen LogP contribution is 2.37. The van der Waals surface area contributed by atoms with Gasteiger partial charge in [0, 0.05) is 36.0 Å². The minimum atomic E-state index is -1.24. The standard InChI is InChI=1S/C28H26ClF2N5O4/c1-14-3-2-4-22(36-10-9-15(11-23(36)37)24-19(30)8-7-18(29)25(24)31)21-13-32-26(34-21)17-6-5-16(33-28(39)40)12-20(17)35-27(14)38/h5-8,11-14,22,33H,2-4,9-10H2,1H3,(H,32,34)(H,35,38)(H,39,40)/t14-,22+/m1/s1. The van der Waals surface area contributed by atoms with Crippen LogP contribution in [0.25, 0.3) is 17.0 Å². The Balaban J connectivity index is 1.50. The molecule has 0 fully saturated rings. The highest BCUT2D eigenvalue weighted by Gasteiger charge is 2.32. The zero-order valence-electron chi connectivity index (χ0n) is 21.4. The Labute approximate surface area is 233 Å². The summed E-state index contributed by atoms with van der Waals surface area (Å²) in [4.78, 5) is 46.9. The summed E-state index contributed by atoms with van der Waals surface area (Å²) in [5.41, 5.74) is 1.74. The van der Waals surface area contributed by atoms with Gasteiger partial charge in [0.1, 0.15) is 11.6 Å². The lowest BCUT2D eigenvalue weighted by Gasteiger charge is -2.34. The van der Waals surface area contributed by atoms with Gasteiger partial charge in [-0.3, -0.25) is 14.9 Å². The average molecular weight is 570 g/mol. The van der Waals surface area contributed by atoms with E-state index < -0.39 is 29.7 Å². The molecule has 0 aliphatic carbocycles. The van der Waals surface area contributed by atoms with E-state index in [4.69, 9.17) is 21.7 Å². The average Bonchev–Trinajstić information content (AvgIpc) is 3.38. The summed E-state index contributed by atoms with van der Waals surface area (Å²) in [6, 6.07) is 6.49. The fourth-order valence-electron chi connectivity index (χ4n) is 5.15. The van der Waals surface area contributed by atoms with E-state index in [2.05, 4.69) is 15.6 Å². The zero-order chi connectivity index (χ0) is 28.6. The molecule has 3 aromatic rings. The number of halogens is 3. The van der Waals surface area contributed by atoms with E-state index in [0.717, 1.165) is 12.1 Å². The predicted octanol–water partition coefficient (Wildman–Crippen LogP) is 6.21. The number of nitrogens with one attached hydrogen (secondary N) is 3. The van der Waals surface area contributed by atoms with Crippen LogP contribution in [0.15, 0.2) is 42.6 Å². The first-order chi connectivity index (χ1) is 19.1. The van der Waals surface area contributed by atoms with Crippen LogP contribution < -0.4 is 10.6 Å². The second-order valence-electron chi connectivity index (χ2n) is 9.87. The quantitative estimate of drug-likeness (QED) is 0.279. The van der Waals surface area contributed by atoms with Gasteiger partial charge in [0.25, 0.3) is 0 Å². The van der Waals surface area contributed by atoms with Crippen LogP contribution in [0.2, 0.25) is 5.02 Å². The first kappa shape index (κ1) is 27.3. The van der Waals surface area contributed by atoms with Crippen molar-refractivity contribution in [3.05, 3.63) is 70.5 Å². The highest BCUT2D eigenvalue weighted by atomic mass is 35.5. The van der Waals surface area contributed by atoms with E-state index in [1.54, 1.807) is 30.2 Å². The normalized spacial score (nSPS) is 19.6. The third-order valence-corrected chi connectivity index (χ3v) is 7.52. The maximum atomic E-state index is 14.6. The van der Waals surface area contributed by atoms with Crippen molar-refractivity contribution >= 4 is 46.5 Å². The molecule has 3 amide bonds. The van der Waals surface area contributed by atoms with Gasteiger partial charge in [-0.1, -0.05) is 24.9 Å². The minimum Gasteiger partial charge on any atom is -0.465 e. The smallest absolute Gasteiger partial charge is 0.409 e. The first-order valence-electron chi connectivity index (χ1n) is 12.8. The van der Waals surface area contributed by atoms with Gasteiger partial charge >= 0.3 is 6.09 Å². The molecular weight excluding hydrogens is 544 g/mol. The van der Waals surface area contributed by atoms with Crippen molar-refractivity contribution in [1.29, 1.82) is 0 Å². The van der Waals surface area contributed by atoms with Crippen LogP contribution in [0.1, 0.15) is 49.9 Å². The largest absolute Gasteiger partial charge is 0.465 e. The fourth-order valence-corrected chi connectivity index (χ4v) is 5.31. The lowest BCUT2D eigenvalue weighted by molar-refractivity contribution is -0.129. The second kappa shape index (κ2) is 11.1. The lowest BCUT2D eigenvalue weighted by atomic mass is 9.94. The number of aromatic amines is 1. The molecule has 2 aliphatic rings. The number of fused-ring (bicyclic) bond motifs is 4. The Kier molecular flexibility index (Phi) is 7.57. The molecule has 2 aliphatic heterocycles. The molecule has 0 saturated carbocycles. The van der Waals surface area contributed by atoms with Crippen molar-refractivity contribution in [2.45, 2.75) is 38.6 Å². The van der Waals surface area contributed by atoms with Crippen LogP contribution in [0.4, 0.5) is 25.0 Å². The lowest BCUT2D eigenvalue weighted by Crippen LogP contribution is -2.37. The molecule has 9 nitrogen and oxygen atoms in total. The molecule has 1 aromatic heterocycles. The van der Waals surface area contributed by atoms with Crippen LogP contribution >= 0.6 is 11.6 Å². The van der Waals surface area contributed by atoms with Crippen LogP contribution in [-0.2, 0) is 9.59 Å². The van der Waals surface area contributed by atoms with Gasteiger partial charge in [-0.15, -0.1) is 0 Å². The molecule has 4 N–H and O–H groups in total. The summed E-state index contributed by atoms with van der Waals surface area (Å²) in [5.74, 6) is -2.26. The number of rotatable bonds is 3. The summed E-state index contributed by atoms with van der Waals surface area (Å²) in [5, 5.41) is 14.0. The number of benzene rings is 2. The maximum absolute atomic E-state index is 14.6. The molecule has 3 heterocycles. The summed E-state index contributed by atoms with van der Waals surface area (Å²) in [7, 11) is 0. The molecule has 0 unspecified atom stereocenters. The molecule has 12 heteroatoms. The third-order valence-electron chi connectivity index (χ3n) is 7.23. The maximum Gasteiger partial charge on any atom is 0.409 e. The van der Waals surface area contributed by atoms with Gasteiger partial charge in [0.15, 0.2) is 5.82 Å². The van der Waals surface area contributed by atoms with Gasteiger partial charge < -0.3 is 20.3 Å². The summed E-state index contributed by atoms with van der Waals surface area (Å²) in [6.07, 6.45) is 3.57. The zero-order valence-corrected chi connectivity index (χ0v) is 22.2. The van der Waals surface area contributed by atoms with Gasteiger partial charge in [0.05, 0.1) is 28.0 Å². The highest BCUT2D eigenvalue weighted by molar-refractivity contribution is 6.31. The van der Waals surface area contributed by atoms with Crippen molar-refractivity contribution < 1.29 is 28.3 Å². The van der Waals surface area contributed by atoms with Crippen molar-refractivity contribution in [3.8, 4) is 11.4 Å². The van der Waals surface area contributed by atoms with E-state index in [9.17, 15) is 23.2 Å². The van der Waals surface area contributed by atoms with Gasteiger partial charge in [-0.25, -0.2) is 18.6 Å². The van der Waals surface area contributed by atoms with Crippen molar-refractivity contribution in [2.24, 2.45) is 5.92 Å². The number of amides is 3. The number of carbonyl (C=O) groups excluding carboxylic acids is 2. The molecule has 5 rings (SSSR count). The van der Waals surface area contributed by atoms with Crippen molar-refractivity contribution in [1.82, 2.24) is 14.9 Å². The van der Waals surface area contributed by atoms with Crippen LogP contribution in [0.5, 0.6) is 0 Å². The van der Waals surface area contributed by atoms with E-state index >= 15 is 0 Å². The molecule has 0 spiro atoms. The van der Waals surface area contributed by atoms with Crippen molar-refractivity contribution in [2.75, 3.05) is 17.2 Å². The third kappa shape index (κ3) is 5.42. The molecule has 0 saturated heterocycles. The van der Waals surface area contributed by atoms with E-state index in [1.165, 1.54) is 12.1 Å². The number of imidazole rings is 1. The Morgan fingerprint density at radius 1 is 1.20 bits per heavy atom. The Morgan fingerprint density at radius 3 is 2.75 bits per heavy atom. The molecule has 2 atom stereocenters. The number of carboxylic acid groups (broad SMARTS) is 1. The molecular formula is C28H26ClF2N5O4. The fraction of sp³-hybridized carbons (Fsp3) is 0.286. The minimum absolute atomic E-state index is 0.208. The molecule has 40 heavy (non-hydrogen) atoms. The SMILES string of the molecule is C[C@@H]1CCC[C@H](N2CCC(c3c(F)ccc(Cl)c3F)=CC2=O)c2c[nH]c(n2)-c2ccc(NC(=O)O)cc2NC1=O. The Bertz CT molecular complexity index is 1540. The molecule has 2 aromatic carbocycles. The number of aromatic nitrogens is 2. The topological polar surface area (TPSA) is 127 Å². The second-order valence-corrected chi connectivity index (χ2v) is 10.3. The first-order valence-corrected chi connectivity index (χ1v) is 13.2. The number of carbonyl (C=O) groups is 3. The number of H-pyrrole nitrogens is 1. The number of hydrogen-bond acceptors (Lipinski definition) is 4. The molecule has 208 valence electrons. The van der Waals surface area contributed by atoms with Crippen LogP contribution in [0.3, 0.4) is 0 Å². The van der Waals surface area contributed by atoms with Crippen LogP contribution in [-0.4, -0.2) is 44.4 Å². The predicted molar refractivity (Wildman–Crippen MR) is 146 cm³/mol. The summed E-state index contributed by atoms with van der Waals surface area (Å²) >= 11 is 5.86. The van der Waals surface area contributed by atoms with Gasteiger partial charge in [-0.2, -0.15) is 0 Å². The van der Waals surface area contributed by atoms with Crippen LogP contribution in [0, 0.1) is 17.6 Å². The Hall–Kier alpha value is -4.25. The summed E-state index contributed by atoms with van der Waals surface area (Å²) < 4.78 is 29.1. The van der Waals surface area contributed by atoms with E-state index in [0.29, 0.717) is 42.0 Å². The number of nitrogens with zero attached hydrogens (tertiary/aromatic N) is 2.